The van der Waals surface area contributed by atoms with Crippen molar-refractivity contribution in [1.29, 1.82) is 0 Å². The van der Waals surface area contributed by atoms with Crippen LogP contribution in [0.2, 0.25) is 0 Å². The molecular formula is C49H31NO. The van der Waals surface area contributed by atoms with Crippen molar-refractivity contribution in [2.45, 2.75) is 5.92 Å². The van der Waals surface area contributed by atoms with Crippen LogP contribution in [0.4, 0.5) is 0 Å². The maximum Gasteiger partial charge on any atom is 0.145 e. The quantitative estimate of drug-likeness (QED) is 0.186. The molecule has 1 aliphatic rings. The molecular weight excluding hydrogens is 619 g/mol. The van der Waals surface area contributed by atoms with Crippen molar-refractivity contribution < 1.29 is 4.42 Å². The molecule has 0 saturated carbocycles. The number of benzene rings is 8. The predicted octanol–water partition coefficient (Wildman–Crippen LogP) is 13.2. The van der Waals surface area contributed by atoms with E-state index in [-0.39, 0.29) is 5.92 Å². The summed E-state index contributed by atoms with van der Waals surface area (Å²) in [6, 6.07) is 66.0. The van der Waals surface area contributed by atoms with Crippen LogP contribution >= 0.6 is 0 Å². The molecule has 238 valence electrons. The summed E-state index contributed by atoms with van der Waals surface area (Å²) >= 11 is 0. The minimum Gasteiger partial charge on any atom is -0.455 e. The molecule has 10 aromatic rings. The van der Waals surface area contributed by atoms with Gasteiger partial charge in [-0.15, -0.1) is 0 Å². The lowest BCUT2D eigenvalue weighted by atomic mass is 9.88. The van der Waals surface area contributed by atoms with Crippen molar-refractivity contribution >= 4 is 43.7 Å². The Kier molecular flexibility index (Phi) is 6.05. The molecule has 2 aromatic heterocycles. The standard InChI is InChI=1S/C49H31NO/c1-2-14-31(15-3-1)33-16-4-5-17-34(33)40-27-29-45(48-41-23-11-13-25-46(41)51-49(40)48)50-43-24-12-10-20-37(43)42-30-32(26-28-44(42)50)47-38-21-8-6-18-35(38)36-19-7-9-22-39(36)47/h1-30,47H. The molecule has 2 heterocycles. The lowest BCUT2D eigenvalue weighted by Crippen LogP contribution is -2.00. The molecule has 1 aliphatic carbocycles. The van der Waals surface area contributed by atoms with E-state index in [2.05, 4.69) is 187 Å². The van der Waals surface area contributed by atoms with Gasteiger partial charge in [0.15, 0.2) is 0 Å². The molecule has 2 nitrogen and oxygen atoms in total. The van der Waals surface area contributed by atoms with Crippen molar-refractivity contribution in [3.05, 3.63) is 199 Å². The Balaban J connectivity index is 1.17. The van der Waals surface area contributed by atoms with Gasteiger partial charge in [-0.25, -0.2) is 0 Å². The van der Waals surface area contributed by atoms with E-state index < -0.39 is 0 Å². The van der Waals surface area contributed by atoms with Crippen LogP contribution in [0, 0.1) is 0 Å². The molecule has 0 atom stereocenters. The first-order valence-corrected chi connectivity index (χ1v) is 17.6. The number of rotatable bonds is 4. The zero-order chi connectivity index (χ0) is 33.5. The Labute approximate surface area is 295 Å². The van der Waals surface area contributed by atoms with Crippen LogP contribution in [-0.4, -0.2) is 4.57 Å². The minimum atomic E-state index is 0.192. The topological polar surface area (TPSA) is 18.1 Å². The molecule has 11 rings (SSSR count). The van der Waals surface area contributed by atoms with Crippen LogP contribution < -0.4 is 0 Å². The van der Waals surface area contributed by atoms with Crippen molar-refractivity contribution in [2.75, 3.05) is 0 Å². The van der Waals surface area contributed by atoms with Gasteiger partial charge in [0.25, 0.3) is 0 Å². The maximum absolute atomic E-state index is 6.83. The molecule has 0 radical (unpaired) electrons. The molecule has 0 unspecified atom stereocenters. The Hall–Kier alpha value is -6.64. The van der Waals surface area contributed by atoms with Gasteiger partial charge in [-0.1, -0.05) is 146 Å². The fraction of sp³-hybridized carbons (Fsp3) is 0.0204. The van der Waals surface area contributed by atoms with Gasteiger partial charge in [0, 0.05) is 27.6 Å². The second-order valence-corrected chi connectivity index (χ2v) is 13.6. The van der Waals surface area contributed by atoms with Crippen LogP contribution in [0.25, 0.3) is 82.8 Å². The van der Waals surface area contributed by atoms with Crippen LogP contribution in [0.15, 0.2) is 186 Å². The zero-order valence-corrected chi connectivity index (χ0v) is 27.8. The van der Waals surface area contributed by atoms with Crippen LogP contribution in [0.5, 0.6) is 0 Å². The molecule has 0 bridgehead atoms. The van der Waals surface area contributed by atoms with Gasteiger partial charge < -0.3 is 8.98 Å². The summed E-state index contributed by atoms with van der Waals surface area (Å²) in [7, 11) is 0. The highest BCUT2D eigenvalue weighted by Crippen LogP contribution is 2.49. The monoisotopic (exact) mass is 649 g/mol. The van der Waals surface area contributed by atoms with Gasteiger partial charge in [-0.05, 0) is 80.9 Å². The lowest BCUT2D eigenvalue weighted by Gasteiger charge is -2.16. The molecule has 8 aromatic carbocycles. The average molecular weight is 650 g/mol. The van der Waals surface area contributed by atoms with Gasteiger partial charge in [0.05, 0.1) is 22.1 Å². The molecule has 2 heteroatoms. The third kappa shape index (κ3) is 4.11. The van der Waals surface area contributed by atoms with Gasteiger partial charge in [-0.2, -0.15) is 0 Å². The summed E-state index contributed by atoms with van der Waals surface area (Å²) in [6.07, 6.45) is 0. The van der Waals surface area contributed by atoms with Crippen molar-refractivity contribution in [2.24, 2.45) is 0 Å². The molecule has 0 amide bonds. The predicted molar refractivity (Wildman–Crippen MR) is 212 cm³/mol. The number of hydrogen-bond acceptors (Lipinski definition) is 1. The Bertz CT molecular complexity index is 2930. The zero-order valence-electron chi connectivity index (χ0n) is 27.8. The first-order valence-electron chi connectivity index (χ1n) is 17.6. The van der Waals surface area contributed by atoms with E-state index in [1.54, 1.807) is 0 Å². The Morgan fingerprint density at radius 1 is 0.412 bits per heavy atom. The molecule has 0 aliphatic heterocycles. The first kappa shape index (κ1) is 28.2. The highest BCUT2D eigenvalue weighted by Gasteiger charge is 2.30. The normalized spacial score (nSPS) is 12.6. The second-order valence-electron chi connectivity index (χ2n) is 13.6. The molecule has 0 saturated heterocycles. The first-order chi connectivity index (χ1) is 25.3. The largest absolute Gasteiger partial charge is 0.455 e. The highest BCUT2D eigenvalue weighted by molar-refractivity contribution is 6.17. The van der Waals surface area contributed by atoms with Gasteiger partial charge in [0.1, 0.15) is 11.2 Å². The molecule has 0 fully saturated rings. The summed E-state index contributed by atoms with van der Waals surface area (Å²) in [5.74, 6) is 0.192. The molecule has 0 N–H and O–H groups in total. The Morgan fingerprint density at radius 3 is 1.80 bits per heavy atom. The van der Waals surface area contributed by atoms with Gasteiger partial charge >= 0.3 is 0 Å². The van der Waals surface area contributed by atoms with Crippen molar-refractivity contribution in [3.63, 3.8) is 0 Å². The van der Waals surface area contributed by atoms with Gasteiger partial charge in [-0.3, -0.25) is 0 Å². The SMILES string of the molecule is c1ccc(-c2ccccc2-c2ccc(-n3c4ccccc4c4cc(C5c6ccccc6-c6ccccc65)ccc43)c3c2oc2ccccc23)cc1. The number of furan rings is 1. The van der Waals surface area contributed by atoms with E-state index in [0.29, 0.717) is 0 Å². The number of nitrogens with zero attached hydrogens (tertiary/aromatic N) is 1. The third-order valence-corrected chi connectivity index (χ3v) is 10.9. The van der Waals surface area contributed by atoms with Crippen LogP contribution in [0.1, 0.15) is 22.6 Å². The number of aromatic nitrogens is 1. The summed E-state index contributed by atoms with van der Waals surface area (Å²) in [6.45, 7) is 0. The summed E-state index contributed by atoms with van der Waals surface area (Å²) in [4.78, 5) is 0. The number of para-hydroxylation sites is 2. The number of hydrogen-bond donors (Lipinski definition) is 0. The lowest BCUT2D eigenvalue weighted by molar-refractivity contribution is 0.670. The van der Waals surface area contributed by atoms with E-state index in [1.807, 2.05) is 0 Å². The average Bonchev–Trinajstić information content (AvgIpc) is 3.86. The smallest absolute Gasteiger partial charge is 0.145 e. The molecule has 0 spiro atoms. The van der Waals surface area contributed by atoms with E-state index in [9.17, 15) is 0 Å². The second kappa shape index (κ2) is 10.9. The fourth-order valence-electron chi connectivity index (χ4n) is 8.74. The van der Waals surface area contributed by atoms with Crippen molar-refractivity contribution in [1.82, 2.24) is 4.57 Å². The Morgan fingerprint density at radius 2 is 1.02 bits per heavy atom. The van der Waals surface area contributed by atoms with Gasteiger partial charge in [0.2, 0.25) is 0 Å². The van der Waals surface area contributed by atoms with E-state index in [4.69, 9.17) is 4.42 Å². The van der Waals surface area contributed by atoms with Crippen LogP contribution in [-0.2, 0) is 0 Å². The third-order valence-electron chi connectivity index (χ3n) is 10.9. The summed E-state index contributed by atoms with van der Waals surface area (Å²) in [5.41, 5.74) is 16.6. The molecule has 51 heavy (non-hydrogen) atoms. The van der Waals surface area contributed by atoms with Crippen molar-refractivity contribution in [3.8, 4) is 39.1 Å². The summed E-state index contributed by atoms with van der Waals surface area (Å²) in [5, 5.41) is 4.73. The van der Waals surface area contributed by atoms with E-state index in [1.165, 1.54) is 60.8 Å². The van der Waals surface area contributed by atoms with E-state index >= 15 is 0 Å². The fourth-order valence-corrected chi connectivity index (χ4v) is 8.74. The highest BCUT2D eigenvalue weighted by atomic mass is 16.3. The van der Waals surface area contributed by atoms with E-state index in [0.717, 1.165) is 38.8 Å². The number of fused-ring (bicyclic) bond motifs is 9. The maximum atomic E-state index is 6.83. The minimum absolute atomic E-state index is 0.192. The van der Waals surface area contributed by atoms with Crippen LogP contribution in [0.3, 0.4) is 0 Å². The summed E-state index contributed by atoms with van der Waals surface area (Å²) < 4.78 is 9.28.